The maximum Gasteiger partial charge on any atom is 0.273 e. The Labute approximate surface area is 183 Å². The molecule has 31 heavy (non-hydrogen) atoms. The van der Waals surface area contributed by atoms with Crippen LogP contribution in [0.15, 0.2) is 53.4 Å². The number of nitrogens with one attached hydrogen (secondary N) is 1. The average molecular weight is 448 g/mol. The van der Waals surface area contributed by atoms with E-state index in [1.54, 1.807) is 12.1 Å². The van der Waals surface area contributed by atoms with E-state index in [1.165, 1.54) is 40.7 Å². The van der Waals surface area contributed by atoms with E-state index in [4.69, 9.17) is 0 Å². The summed E-state index contributed by atoms with van der Waals surface area (Å²) in [6.45, 7) is 5.00. The summed E-state index contributed by atoms with van der Waals surface area (Å²) in [5, 5.41) is 13.8. The van der Waals surface area contributed by atoms with Crippen LogP contribution in [0, 0.1) is 10.1 Å². The van der Waals surface area contributed by atoms with Crippen LogP contribution >= 0.6 is 0 Å². The van der Waals surface area contributed by atoms with Gasteiger partial charge in [-0.25, -0.2) is 8.42 Å². The number of nitro benzene ring substituents is 1. The van der Waals surface area contributed by atoms with Gasteiger partial charge in [-0.2, -0.15) is 4.31 Å². The predicted molar refractivity (Wildman–Crippen MR) is 120 cm³/mol. The molecule has 2 aromatic carbocycles. The van der Waals surface area contributed by atoms with E-state index in [-0.39, 0.29) is 17.0 Å². The number of hydrogen-bond acceptors (Lipinski definition) is 5. The van der Waals surface area contributed by atoms with Gasteiger partial charge in [-0.05, 0) is 37.1 Å². The molecule has 8 nitrogen and oxygen atoms in total. The highest BCUT2D eigenvalue weighted by molar-refractivity contribution is 7.89. The molecule has 0 spiro atoms. The summed E-state index contributed by atoms with van der Waals surface area (Å²) in [7, 11) is -3.61. The second-order valence-electron chi connectivity index (χ2n) is 7.25. The number of amides is 1. The first-order chi connectivity index (χ1) is 14.8. The van der Waals surface area contributed by atoms with Gasteiger partial charge in [-0.3, -0.25) is 14.9 Å². The summed E-state index contributed by atoms with van der Waals surface area (Å²) >= 11 is 0. The van der Waals surface area contributed by atoms with Crippen LogP contribution in [0.5, 0.6) is 0 Å². The van der Waals surface area contributed by atoms with Gasteiger partial charge >= 0.3 is 0 Å². The minimum Gasteiger partial charge on any atom is -0.326 e. The molecule has 168 valence electrons. The molecule has 0 radical (unpaired) electrons. The van der Waals surface area contributed by atoms with E-state index in [2.05, 4.69) is 5.32 Å². The summed E-state index contributed by atoms with van der Waals surface area (Å²) < 4.78 is 27.5. The maximum atomic E-state index is 13.0. The standard InChI is InChI=1S/C22H29N3O5S/c1-3-5-15-24(16-6-4-2)31(29,30)20-13-11-19(12-14-20)23-22(26)17-18-9-7-8-10-21(18)25(27)28/h7-14H,3-6,15-17H2,1-2H3,(H,23,26). The Morgan fingerprint density at radius 3 is 2.13 bits per heavy atom. The van der Waals surface area contributed by atoms with Crippen LogP contribution in [0.3, 0.4) is 0 Å². The first-order valence-electron chi connectivity index (χ1n) is 10.4. The summed E-state index contributed by atoms with van der Waals surface area (Å²) in [5.41, 5.74) is 0.626. The lowest BCUT2D eigenvalue weighted by Crippen LogP contribution is -2.33. The molecule has 0 saturated heterocycles. The number of rotatable bonds is 12. The Balaban J connectivity index is 2.10. The predicted octanol–water partition coefficient (Wildman–Crippen LogP) is 4.37. The molecule has 0 saturated carbocycles. The third-order valence-corrected chi connectivity index (χ3v) is 6.75. The Morgan fingerprint density at radius 1 is 1.00 bits per heavy atom. The van der Waals surface area contributed by atoms with E-state index >= 15 is 0 Å². The molecule has 0 aliphatic carbocycles. The van der Waals surface area contributed by atoms with E-state index in [0.717, 1.165) is 25.7 Å². The zero-order valence-electron chi connectivity index (χ0n) is 17.9. The Hall–Kier alpha value is -2.78. The van der Waals surface area contributed by atoms with E-state index in [1.807, 2.05) is 13.8 Å². The highest BCUT2D eigenvalue weighted by Gasteiger charge is 2.23. The number of nitrogens with zero attached hydrogens (tertiary/aromatic N) is 2. The van der Waals surface area contributed by atoms with Crippen molar-refractivity contribution in [2.45, 2.75) is 50.8 Å². The normalized spacial score (nSPS) is 11.5. The van der Waals surface area contributed by atoms with Gasteiger partial charge in [-0.15, -0.1) is 0 Å². The van der Waals surface area contributed by atoms with Crippen LogP contribution in [0.1, 0.15) is 45.1 Å². The molecule has 0 heterocycles. The molecule has 1 N–H and O–H groups in total. The number of anilines is 1. The highest BCUT2D eigenvalue weighted by atomic mass is 32.2. The number of carbonyl (C=O) groups is 1. The molecular formula is C22H29N3O5S. The van der Waals surface area contributed by atoms with Gasteiger partial charge in [0.15, 0.2) is 0 Å². The summed E-state index contributed by atoms with van der Waals surface area (Å²) in [6.07, 6.45) is 3.25. The zero-order valence-corrected chi connectivity index (χ0v) is 18.7. The second-order valence-corrected chi connectivity index (χ2v) is 9.18. The minimum absolute atomic E-state index is 0.113. The number of carbonyl (C=O) groups excluding carboxylic acids is 1. The molecule has 0 aliphatic heterocycles. The van der Waals surface area contributed by atoms with Crippen molar-refractivity contribution >= 4 is 27.3 Å². The van der Waals surface area contributed by atoms with Gasteiger partial charge < -0.3 is 5.32 Å². The van der Waals surface area contributed by atoms with Gasteiger partial charge in [-0.1, -0.05) is 44.9 Å². The number of benzene rings is 2. The SMILES string of the molecule is CCCCN(CCCC)S(=O)(=O)c1ccc(NC(=O)Cc2ccccc2[N+](=O)[O-])cc1. The first-order valence-corrected chi connectivity index (χ1v) is 11.9. The molecule has 9 heteroatoms. The third kappa shape index (κ3) is 6.86. The molecule has 2 rings (SSSR count). The molecule has 0 bridgehead atoms. The molecule has 0 aliphatic rings. The summed E-state index contributed by atoms with van der Waals surface area (Å²) in [5.74, 6) is -0.419. The van der Waals surface area contributed by atoms with Gasteiger partial charge in [0.05, 0.1) is 16.2 Å². The number of nitro groups is 1. The molecular weight excluding hydrogens is 418 g/mol. The van der Waals surface area contributed by atoms with Crippen LogP contribution in [-0.4, -0.2) is 36.6 Å². The van der Waals surface area contributed by atoms with Crippen LogP contribution in [-0.2, 0) is 21.2 Å². The van der Waals surface area contributed by atoms with E-state index < -0.39 is 20.9 Å². The third-order valence-electron chi connectivity index (χ3n) is 4.84. The largest absolute Gasteiger partial charge is 0.326 e. The van der Waals surface area contributed by atoms with Crippen molar-refractivity contribution in [1.82, 2.24) is 4.31 Å². The van der Waals surface area contributed by atoms with Gasteiger partial charge in [0.2, 0.25) is 15.9 Å². The molecule has 0 fully saturated rings. The number of para-hydroxylation sites is 1. The molecule has 0 atom stereocenters. The minimum atomic E-state index is -3.61. The van der Waals surface area contributed by atoms with Crippen molar-refractivity contribution in [1.29, 1.82) is 0 Å². The Kier molecular flexibility index (Phi) is 9.14. The fourth-order valence-electron chi connectivity index (χ4n) is 3.10. The van der Waals surface area contributed by atoms with Crippen LogP contribution in [0.2, 0.25) is 0 Å². The topological polar surface area (TPSA) is 110 Å². The summed E-state index contributed by atoms with van der Waals surface area (Å²) in [6, 6.07) is 12.1. The molecule has 2 aromatic rings. The number of sulfonamides is 1. The van der Waals surface area contributed by atoms with E-state index in [9.17, 15) is 23.3 Å². The van der Waals surface area contributed by atoms with Gasteiger partial charge in [0.25, 0.3) is 5.69 Å². The lowest BCUT2D eigenvalue weighted by Gasteiger charge is -2.22. The molecule has 1 amide bonds. The summed E-state index contributed by atoms with van der Waals surface area (Å²) in [4.78, 5) is 23.1. The highest BCUT2D eigenvalue weighted by Crippen LogP contribution is 2.21. The quantitative estimate of drug-likeness (QED) is 0.384. The maximum absolute atomic E-state index is 13.0. The number of hydrogen-bond donors (Lipinski definition) is 1. The Bertz CT molecular complexity index is 982. The van der Waals surface area contributed by atoms with Crippen molar-refractivity contribution < 1.29 is 18.1 Å². The van der Waals surface area contributed by atoms with Crippen molar-refractivity contribution in [3.05, 3.63) is 64.2 Å². The zero-order chi connectivity index (χ0) is 22.9. The average Bonchev–Trinajstić information content (AvgIpc) is 2.74. The van der Waals surface area contributed by atoms with Crippen LogP contribution in [0.25, 0.3) is 0 Å². The monoisotopic (exact) mass is 447 g/mol. The second kappa shape index (κ2) is 11.6. The van der Waals surface area contributed by atoms with Crippen molar-refractivity contribution in [3.63, 3.8) is 0 Å². The van der Waals surface area contributed by atoms with Crippen LogP contribution in [0.4, 0.5) is 11.4 Å². The van der Waals surface area contributed by atoms with Gasteiger partial charge in [0, 0.05) is 30.4 Å². The lowest BCUT2D eigenvalue weighted by atomic mass is 10.1. The van der Waals surface area contributed by atoms with Crippen LogP contribution < -0.4 is 5.32 Å². The van der Waals surface area contributed by atoms with Gasteiger partial charge in [0.1, 0.15) is 0 Å². The first kappa shape index (κ1) is 24.5. The van der Waals surface area contributed by atoms with E-state index in [0.29, 0.717) is 24.3 Å². The Morgan fingerprint density at radius 2 is 1.58 bits per heavy atom. The fourth-order valence-corrected chi connectivity index (χ4v) is 4.61. The van der Waals surface area contributed by atoms with Crippen molar-refractivity contribution in [2.24, 2.45) is 0 Å². The van der Waals surface area contributed by atoms with Crippen molar-refractivity contribution in [2.75, 3.05) is 18.4 Å². The smallest absolute Gasteiger partial charge is 0.273 e. The molecule has 0 unspecified atom stereocenters. The number of unbranched alkanes of at least 4 members (excludes halogenated alkanes) is 2. The fraction of sp³-hybridized carbons (Fsp3) is 0.409. The molecule has 0 aromatic heterocycles. The lowest BCUT2D eigenvalue weighted by molar-refractivity contribution is -0.385. The van der Waals surface area contributed by atoms with Crippen molar-refractivity contribution in [3.8, 4) is 0 Å².